The van der Waals surface area contributed by atoms with Crippen molar-refractivity contribution >= 4 is 0 Å². The molecule has 3 aromatic rings. The third-order valence-electron chi connectivity index (χ3n) is 3.02. The average molecular weight is 250 g/mol. The van der Waals surface area contributed by atoms with Crippen molar-refractivity contribution in [2.75, 3.05) is 0 Å². The molecule has 2 heterocycles. The van der Waals surface area contributed by atoms with Crippen LogP contribution in [0.25, 0.3) is 16.9 Å². The fourth-order valence-corrected chi connectivity index (χ4v) is 2.09. The molecule has 0 atom stereocenters. The van der Waals surface area contributed by atoms with Gasteiger partial charge in [0, 0.05) is 11.8 Å². The molecule has 0 aliphatic heterocycles. The summed E-state index contributed by atoms with van der Waals surface area (Å²) in [5.41, 5.74) is 3.52. The van der Waals surface area contributed by atoms with Crippen LogP contribution < -0.4 is 0 Å². The quantitative estimate of drug-likeness (QED) is 0.723. The number of hydrogen-bond donors (Lipinski definition) is 1. The summed E-state index contributed by atoms with van der Waals surface area (Å²) in [7, 11) is 0. The lowest BCUT2D eigenvalue weighted by atomic mass is 10.0. The molecular formula is C15H14N4. The molecule has 1 aromatic carbocycles. The molecule has 2 aromatic heterocycles. The van der Waals surface area contributed by atoms with Crippen LogP contribution in [0.1, 0.15) is 5.56 Å². The summed E-state index contributed by atoms with van der Waals surface area (Å²) < 4.78 is 1.73. The predicted octanol–water partition coefficient (Wildman–Crippen LogP) is 2.99. The van der Waals surface area contributed by atoms with Crippen LogP contribution in [-0.2, 0) is 6.42 Å². The van der Waals surface area contributed by atoms with Crippen LogP contribution >= 0.6 is 0 Å². The first-order valence-corrected chi connectivity index (χ1v) is 6.11. The van der Waals surface area contributed by atoms with Gasteiger partial charge in [0.1, 0.15) is 18.5 Å². The van der Waals surface area contributed by atoms with Crippen molar-refractivity contribution in [1.82, 2.24) is 19.7 Å². The fourth-order valence-electron chi connectivity index (χ4n) is 2.09. The Morgan fingerprint density at radius 2 is 2.05 bits per heavy atom. The minimum atomic E-state index is 0.892. The minimum Gasteiger partial charge on any atom is -0.346 e. The van der Waals surface area contributed by atoms with Crippen LogP contribution in [0.15, 0.2) is 61.8 Å². The summed E-state index contributed by atoms with van der Waals surface area (Å²) in [5.74, 6) is 0.925. The monoisotopic (exact) mass is 250 g/mol. The summed E-state index contributed by atoms with van der Waals surface area (Å²) in [6.07, 6.45) is 7.92. The van der Waals surface area contributed by atoms with Gasteiger partial charge in [-0.2, -0.15) is 5.10 Å². The van der Waals surface area contributed by atoms with E-state index in [2.05, 4.69) is 45.9 Å². The fraction of sp³-hybridized carbons (Fsp3) is 0.0667. The number of H-pyrrole nitrogens is 1. The van der Waals surface area contributed by atoms with E-state index in [-0.39, 0.29) is 0 Å². The maximum atomic E-state index is 4.15. The molecule has 0 radical (unpaired) electrons. The molecule has 0 saturated carbocycles. The molecule has 3 rings (SSSR count). The number of allylic oxidation sites excluding steroid dienone is 1. The molecule has 0 saturated heterocycles. The van der Waals surface area contributed by atoms with E-state index in [1.54, 1.807) is 11.0 Å². The van der Waals surface area contributed by atoms with Gasteiger partial charge in [0.2, 0.25) is 0 Å². The van der Waals surface area contributed by atoms with Crippen molar-refractivity contribution in [2.24, 2.45) is 0 Å². The molecule has 0 amide bonds. The standard InChI is InChI=1S/C15H14N4/c1-2-3-12-4-6-13(7-5-12)14-8-9-17-15(14)19-11-16-10-18-19/h2,4-11,17H,1,3H2. The average Bonchev–Trinajstić information content (AvgIpc) is 3.11. The normalized spacial score (nSPS) is 10.5. The Morgan fingerprint density at radius 3 is 2.74 bits per heavy atom. The van der Waals surface area contributed by atoms with Gasteiger partial charge in [-0.05, 0) is 23.6 Å². The summed E-state index contributed by atoms with van der Waals surface area (Å²) in [6.45, 7) is 3.75. The third-order valence-corrected chi connectivity index (χ3v) is 3.02. The highest BCUT2D eigenvalue weighted by molar-refractivity contribution is 5.71. The van der Waals surface area contributed by atoms with Gasteiger partial charge < -0.3 is 4.98 Å². The van der Waals surface area contributed by atoms with E-state index in [1.165, 1.54) is 11.9 Å². The molecule has 94 valence electrons. The topological polar surface area (TPSA) is 46.5 Å². The molecule has 1 N–H and O–H groups in total. The predicted molar refractivity (Wildman–Crippen MR) is 75.0 cm³/mol. The van der Waals surface area contributed by atoms with E-state index in [1.807, 2.05) is 18.3 Å². The molecule has 0 bridgehead atoms. The number of rotatable bonds is 4. The summed E-state index contributed by atoms with van der Waals surface area (Å²) in [6, 6.07) is 10.5. The summed E-state index contributed by atoms with van der Waals surface area (Å²) in [5, 5.41) is 4.15. The van der Waals surface area contributed by atoms with Crippen molar-refractivity contribution in [3.8, 4) is 16.9 Å². The number of benzene rings is 1. The zero-order chi connectivity index (χ0) is 13.1. The highest BCUT2D eigenvalue weighted by Crippen LogP contribution is 2.25. The zero-order valence-electron chi connectivity index (χ0n) is 10.5. The number of nitrogens with zero attached hydrogens (tertiary/aromatic N) is 3. The minimum absolute atomic E-state index is 0.892. The second kappa shape index (κ2) is 4.94. The molecule has 0 fully saturated rings. The van der Waals surface area contributed by atoms with E-state index in [4.69, 9.17) is 0 Å². The van der Waals surface area contributed by atoms with E-state index in [0.717, 1.165) is 23.4 Å². The molecule has 0 spiro atoms. The lowest BCUT2D eigenvalue weighted by Gasteiger charge is -2.05. The van der Waals surface area contributed by atoms with Crippen LogP contribution in [0, 0.1) is 0 Å². The lowest BCUT2D eigenvalue weighted by Crippen LogP contribution is -1.96. The molecule has 0 unspecified atom stereocenters. The van der Waals surface area contributed by atoms with Crippen molar-refractivity contribution < 1.29 is 0 Å². The highest BCUT2D eigenvalue weighted by Gasteiger charge is 2.08. The Labute approximate surface area is 111 Å². The van der Waals surface area contributed by atoms with E-state index >= 15 is 0 Å². The number of aromatic amines is 1. The molecule has 0 aliphatic carbocycles. The van der Waals surface area contributed by atoms with Gasteiger partial charge in [0.15, 0.2) is 0 Å². The number of hydrogen-bond acceptors (Lipinski definition) is 2. The molecule has 4 heteroatoms. The Bertz CT molecular complexity index is 663. The Kier molecular flexibility index (Phi) is 2.98. The molecule has 19 heavy (non-hydrogen) atoms. The first-order valence-electron chi connectivity index (χ1n) is 6.11. The largest absolute Gasteiger partial charge is 0.346 e. The van der Waals surface area contributed by atoms with Crippen LogP contribution in [-0.4, -0.2) is 19.7 Å². The van der Waals surface area contributed by atoms with Crippen LogP contribution in [0.3, 0.4) is 0 Å². The van der Waals surface area contributed by atoms with Gasteiger partial charge in [-0.1, -0.05) is 30.3 Å². The van der Waals surface area contributed by atoms with Crippen molar-refractivity contribution in [3.63, 3.8) is 0 Å². The molecular weight excluding hydrogens is 236 g/mol. The van der Waals surface area contributed by atoms with Gasteiger partial charge in [-0.3, -0.25) is 0 Å². The summed E-state index contributed by atoms with van der Waals surface area (Å²) >= 11 is 0. The van der Waals surface area contributed by atoms with Crippen LogP contribution in [0.4, 0.5) is 0 Å². The van der Waals surface area contributed by atoms with Crippen molar-refractivity contribution in [3.05, 3.63) is 67.4 Å². The van der Waals surface area contributed by atoms with Gasteiger partial charge >= 0.3 is 0 Å². The van der Waals surface area contributed by atoms with Gasteiger partial charge in [-0.15, -0.1) is 6.58 Å². The number of nitrogens with one attached hydrogen (secondary N) is 1. The van der Waals surface area contributed by atoms with E-state index in [0.29, 0.717) is 0 Å². The SMILES string of the molecule is C=CCc1ccc(-c2cc[nH]c2-n2cncn2)cc1. The second-order valence-electron chi connectivity index (χ2n) is 4.27. The zero-order valence-corrected chi connectivity index (χ0v) is 10.5. The Balaban J connectivity index is 1.98. The van der Waals surface area contributed by atoms with E-state index in [9.17, 15) is 0 Å². The first kappa shape index (κ1) is 11.5. The van der Waals surface area contributed by atoms with E-state index < -0.39 is 0 Å². The number of aromatic nitrogens is 4. The maximum Gasteiger partial charge on any atom is 0.141 e. The Hall–Kier alpha value is -2.62. The molecule has 4 nitrogen and oxygen atoms in total. The maximum absolute atomic E-state index is 4.15. The lowest BCUT2D eigenvalue weighted by molar-refractivity contribution is 0.855. The van der Waals surface area contributed by atoms with Gasteiger partial charge in [0.25, 0.3) is 0 Å². The van der Waals surface area contributed by atoms with Crippen LogP contribution in [0.2, 0.25) is 0 Å². The third kappa shape index (κ3) is 2.20. The van der Waals surface area contributed by atoms with Gasteiger partial charge in [0.05, 0.1) is 0 Å². The highest BCUT2D eigenvalue weighted by atomic mass is 15.3. The smallest absolute Gasteiger partial charge is 0.141 e. The van der Waals surface area contributed by atoms with Crippen LogP contribution in [0.5, 0.6) is 0 Å². The first-order chi connectivity index (χ1) is 9.38. The molecule has 0 aliphatic rings. The van der Waals surface area contributed by atoms with Crippen molar-refractivity contribution in [1.29, 1.82) is 0 Å². The second-order valence-corrected chi connectivity index (χ2v) is 4.27. The summed E-state index contributed by atoms with van der Waals surface area (Å²) in [4.78, 5) is 7.16. The van der Waals surface area contributed by atoms with Crippen molar-refractivity contribution in [2.45, 2.75) is 6.42 Å². The van der Waals surface area contributed by atoms with Gasteiger partial charge in [-0.25, -0.2) is 9.67 Å². The Morgan fingerprint density at radius 1 is 1.21 bits per heavy atom.